The highest BCUT2D eigenvalue weighted by molar-refractivity contribution is 7.18. The van der Waals surface area contributed by atoms with E-state index in [0.717, 1.165) is 5.56 Å². The Morgan fingerprint density at radius 3 is 2.26 bits per heavy atom. The van der Waals surface area contributed by atoms with Crippen LogP contribution in [0.15, 0.2) is 42.5 Å². The number of halogens is 3. The Labute approximate surface area is 151 Å². The molecule has 0 spiro atoms. The van der Waals surface area contributed by atoms with Crippen molar-refractivity contribution in [2.75, 3.05) is 5.32 Å². The van der Waals surface area contributed by atoms with Crippen molar-refractivity contribution in [3.8, 4) is 10.6 Å². The van der Waals surface area contributed by atoms with E-state index in [4.69, 9.17) is 34.8 Å². The lowest BCUT2D eigenvalue weighted by molar-refractivity contribution is 0.102. The maximum absolute atomic E-state index is 12.3. The molecule has 0 bridgehead atoms. The van der Waals surface area contributed by atoms with Gasteiger partial charge in [-0.15, -0.1) is 10.2 Å². The maximum atomic E-state index is 12.3. The first-order valence-electron chi connectivity index (χ1n) is 6.39. The molecule has 1 N–H and O–H groups in total. The maximum Gasteiger partial charge on any atom is 0.260 e. The van der Waals surface area contributed by atoms with Crippen molar-refractivity contribution in [3.05, 3.63) is 63.1 Å². The Bertz CT molecular complexity index is 844. The largest absolute Gasteiger partial charge is 0.296 e. The van der Waals surface area contributed by atoms with Gasteiger partial charge in [0.15, 0.2) is 0 Å². The summed E-state index contributed by atoms with van der Waals surface area (Å²) >= 11 is 19.1. The Morgan fingerprint density at radius 1 is 0.957 bits per heavy atom. The minimum absolute atomic E-state index is 0.207. The topological polar surface area (TPSA) is 54.9 Å². The SMILES string of the molecule is O=C(Nc1nnc(-c2ccc(Cl)cc2)s1)c1c(Cl)cccc1Cl. The molecule has 1 aromatic heterocycles. The van der Waals surface area contributed by atoms with E-state index in [0.29, 0.717) is 15.2 Å². The van der Waals surface area contributed by atoms with Gasteiger partial charge in [0, 0.05) is 10.6 Å². The number of aromatic nitrogens is 2. The average Bonchev–Trinajstić information content (AvgIpc) is 2.96. The quantitative estimate of drug-likeness (QED) is 0.656. The van der Waals surface area contributed by atoms with Crippen LogP contribution in [-0.2, 0) is 0 Å². The van der Waals surface area contributed by atoms with Crippen LogP contribution in [0.4, 0.5) is 5.13 Å². The number of carbonyl (C=O) groups excluding carboxylic acids is 1. The summed E-state index contributed by atoms with van der Waals surface area (Å²) in [6.07, 6.45) is 0. The third kappa shape index (κ3) is 3.64. The molecule has 3 aromatic rings. The Morgan fingerprint density at radius 2 is 1.61 bits per heavy atom. The Balaban J connectivity index is 1.82. The Kier molecular flexibility index (Phi) is 4.82. The van der Waals surface area contributed by atoms with Gasteiger partial charge in [-0.25, -0.2) is 0 Å². The summed E-state index contributed by atoms with van der Waals surface area (Å²) < 4.78 is 0. The van der Waals surface area contributed by atoms with Crippen LogP contribution in [0.25, 0.3) is 10.6 Å². The molecule has 2 aromatic carbocycles. The van der Waals surface area contributed by atoms with E-state index in [-0.39, 0.29) is 15.6 Å². The Hall–Kier alpha value is -1.66. The molecule has 0 aliphatic rings. The zero-order valence-electron chi connectivity index (χ0n) is 11.4. The molecule has 0 aliphatic carbocycles. The van der Waals surface area contributed by atoms with Crippen LogP contribution in [0.1, 0.15) is 10.4 Å². The second-order valence-corrected chi connectivity index (χ2v) is 6.70. The normalized spacial score (nSPS) is 10.6. The van der Waals surface area contributed by atoms with Crippen LogP contribution in [-0.4, -0.2) is 16.1 Å². The summed E-state index contributed by atoms with van der Waals surface area (Å²) in [5.41, 5.74) is 1.07. The molecule has 116 valence electrons. The highest BCUT2D eigenvalue weighted by Crippen LogP contribution is 2.29. The summed E-state index contributed by atoms with van der Waals surface area (Å²) in [6, 6.07) is 12.1. The highest BCUT2D eigenvalue weighted by Gasteiger charge is 2.16. The van der Waals surface area contributed by atoms with Gasteiger partial charge in [0.05, 0.1) is 15.6 Å². The number of anilines is 1. The van der Waals surface area contributed by atoms with Crippen LogP contribution in [0, 0.1) is 0 Å². The lowest BCUT2D eigenvalue weighted by Crippen LogP contribution is -2.12. The molecular weight excluding hydrogens is 377 g/mol. The highest BCUT2D eigenvalue weighted by atomic mass is 35.5. The molecule has 0 aliphatic heterocycles. The summed E-state index contributed by atoms with van der Waals surface area (Å²) in [7, 11) is 0. The van der Waals surface area contributed by atoms with Crippen molar-refractivity contribution in [1.29, 1.82) is 0 Å². The molecule has 1 heterocycles. The van der Waals surface area contributed by atoms with Crippen molar-refractivity contribution in [2.24, 2.45) is 0 Å². The van der Waals surface area contributed by atoms with Gasteiger partial charge in [0.2, 0.25) is 5.13 Å². The standard InChI is InChI=1S/C15H8Cl3N3OS/c16-9-6-4-8(5-7-9)14-20-21-15(23-14)19-13(22)12-10(17)2-1-3-11(12)18/h1-7H,(H,19,21,22). The molecule has 23 heavy (non-hydrogen) atoms. The molecule has 0 radical (unpaired) electrons. The van der Waals surface area contributed by atoms with Crippen molar-refractivity contribution in [1.82, 2.24) is 10.2 Å². The molecule has 0 fully saturated rings. The number of amides is 1. The van der Waals surface area contributed by atoms with Gasteiger partial charge >= 0.3 is 0 Å². The number of nitrogens with zero attached hydrogens (tertiary/aromatic N) is 2. The number of rotatable bonds is 3. The van der Waals surface area contributed by atoms with Gasteiger partial charge < -0.3 is 0 Å². The van der Waals surface area contributed by atoms with Gasteiger partial charge in [-0.2, -0.15) is 0 Å². The van der Waals surface area contributed by atoms with Gasteiger partial charge in [-0.3, -0.25) is 10.1 Å². The number of hydrogen-bond donors (Lipinski definition) is 1. The van der Waals surface area contributed by atoms with E-state index < -0.39 is 5.91 Å². The molecule has 0 atom stereocenters. The van der Waals surface area contributed by atoms with Crippen LogP contribution in [0.5, 0.6) is 0 Å². The van der Waals surface area contributed by atoms with E-state index in [2.05, 4.69) is 15.5 Å². The van der Waals surface area contributed by atoms with Crippen molar-refractivity contribution in [2.45, 2.75) is 0 Å². The predicted molar refractivity (Wildman–Crippen MR) is 94.8 cm³/mol. The van der Waals surface area contributed by atoms with E-state index in [1.807, 2.05) is 12.1 Å². The second-order valence-electron chi connectivity index (χ2n) is 4.47. The molecule has 4 nitrogen and oxygen atoms in total. The number of hydrogen-bond acceptors (Lipinski definition) is 4. The summed E-state index contributed by atoms with van der Waals surface area (Å²) in [5.74, 6) is -0.431. The zero-order chi connectivity index (χ0) is 16.4. The third-order valence-corrected chi connectivity index (χ3v) is 4.70. The average molecular weight is 385 g/mol. The molecule has 1 amide bonds. The summed E-state index contributed by atoms with van der Waals surface area (Å²) in [4.78, 5) is 12.3. The summed E-state index contributed by atoms with van der Waals surface area (Å²) in [6.45, 7) is 0. The van der Waals surface area contributed by atoms with Gasteiger partial charge in [0.25, 0.3) is 5.91 Å². The van der Waals surface area contributed by atoms with Gasteiger partial charge in [-0.05, 0) is 24.3 Å². The molecule has 3 rings (SSSR count). The minimum Gasteiger partial charge on any atom is -0.296 e. The van der Waals surface area contributed by atoms with Crippen LogP contribution in [0.2, 0.25) is 15.1 Å². The minimum atomic E-state index is -0.431. The van der Waals surface area contributed by atoms with Gasteiger partial charge in [0.1, 0.15) is 5.01 Å². The smallest absolute Gasteiger partial charge is 0.260 e. The molecule has 0 saturated heterocycles. The van der Waals surface area contributed by atoms with E-state index in [9.17, 15) is 4.79 Å². The lowest BCUT2D eigenvalue weighted by Gasteiger charge is -2.05. The van der Waals surface area contributed by atoms with Crippen molar-refractivity contribution < 1.29 is 4.79 Å². The first-order valence-corrected chi connectivity index (χ1v) is 8.34. The second kappa shape index (κ2) is 6.84. The van der Waals surface area contributed by atoms with Crippen LogP contribution >= 0.6 is 46.1 Å². The fraction of sp³-hybridized carbons (Fsp3) is 0. The van der Waals surface area contributed by atoms with E-state index >= 15 is 0 Å². The third-order valence-electron chi connectivity index (χ3n) is 2.93. The van der Waals surface area contributed by atoms with Crippen molar-refractivity contribution >= 4 is 57.2 Å². The molecule has 0 saturated carbocycles. The number of benzene rings is 2. The van der Waals surface area contributed by atoms with Crippen molar-refractivity contribution in [3.63, 3.8) is 0 Å². The summed E-state index contributed by atoms with van der Waals surface area (Å²) in [5, 5.41) is 12.9. The van der Waals surface area contributed by atoms with Gasteiger partial charge in [-0.1, -0.05) is 64.3 Å². The van der Waals surface area contributed by atoms with Crippen LogP contribution in [0.3, 0.4) is 0 Å². The first kappa shape index (κ1) is 16.2. The predicted octanol–water partition coefficient (Wildman–Crippen LogP) is 5.42. The first-order chi connectivity index (χ1) is 11.0. The fourth-order valence-corrected chi connectivity index (χ4v) is 3.30. The molecule has 8 heteroatoms. The van der Waals surface area contributed by atoms with E-state index in [1.165, 1.54) is 11.3 Å². The zero-order valence-corrected chi connectivity index (χ0v) is 14.5. The molecule has 0 unspecified atom stereocenters. The molecular formula is C15H8Cl3N3OS. The monoisotopic (exact) mass is 383 g/mol. The van der Waals surface area contributed by atoms with E-state index in [1.54, 1.807) is 30.3 Å². The fourth-order valence-electron chi connectivity index (χ4n) is 1.86. The van der Waals surface area contributed by atoms with Crippen LogP contribution < -0.4 is 5.32 Å². The number of nitrogens with one attached hydrogen (secondary N) is 1. The lowest BCUT2D eigenvalue weighted by atomic mass is 10.2. The number of carbonyl (C=O) groups is 1.